The minimum absolute atomic E-state index is 0.0560. The first kappa shape index (κ1) is 16.2. The number of ether oxygens (including phenoxy) is 1. The second kappa shape index (κ2) is 7.22. The summed E-state index contributed by atoms with van der Waals surface area (Å²) in [5, 5.41) is 0. The summed E-state index contributed by atoms with van der Waals surface area (Å²) in [5.41, 5.74) is 6.06. The van der Waals surface area contributed by atoms with Gasteiger partial charge >= 0.3 is 0 Å². The zero-order valence-corrected chi connectivity index (χ0v) is 13.1. The van der Waals surface area contributed by atoms with Crippen molar-refractivity contribution >= 4 is 11.8 Å². The molecule has 2 saturated heterocycles. The van der Waals surface area contributed by atoms with Gasteiger partial charge in [-0.15, -0.1) is 0 Å². The third-order valence-electron chi connectivity index (χ3n) is 4.69. The Morgan fingerprint density at radius 2 is 1.95 bits per heavy atom. The van der Waals surface area contributed by atoms with Crippen LogP contribution in [-0.4, -0.2) is 66.5 Å². The lowest BCUT2D eigenvalue weighted by Gasteiger charge is -2.34. The first-order valence-electron chi connectivity index (χ1n) is 7.98. The molecule has 2 aliphatic heterocycles. The predicted octanol–water partition coefficient (Wildman–Crippen LogP) is 0.210. The fraction of sp³-hybridized carbons (Fsp3) is 0.867. The summed E-state index contributed by atoms with van der Waals surface area (Å²) in [6.07, 6.45) is 2.48. The van der Waals surface area contributed by atoms with Crippen LogP contribution in [0, 0.1) is 5.92 Å². The summed E-state index contributed by atoms with van der Waals surface area (Å²) < 4.78 is 5.28. The molecule has 0 saturated carbocycles. The van der Waals surface area contributed by atoms with E-state index in [1.54, 1.807) is 4.90 Å². The van der Waals surface area contributed by atoms with E-state index in [4.69, 9.17) is 10.5 Å². The van der Waals surface area contributed by atoms with Crippen molar-refractivity contribution in [3.8, 4) is 0 Å². The Labute approximate surface area is 126 Å². The van der Waals surface area contributed by atoms with Gasteiger partial charge in [0.1, 0.15) is 6.04 Å². The number of hydrogen-bond acceptors (Lipinski definition) is 4. The van der Waals surface area contributed by atoms with Crippen LogP contribution in [0.5, 0.6) is 0 Å². The maximum absolute atomic E-state index is 12.6. The zero-order chi connectivity index (χ0) is 15.4. The molecular formula is C15H27N3O3. The largest absolute Gasteiger partial charge is 0.378 e. The molecule has 0 aromatic carbocycles. The normalized spacial score (nSPS) is 25.8. The number of carbonyl (C=O) groups excluding carboxylic acids is 2. The van der Waals surface area contributed by atoms with E-state index in [1.165, 1.54) is 0 Å². The summed E-state index contributed by atoms with van der Waals surface area (Å²) in [6.45, 7) is 7.06. The fourth-order valence-electron chi connectivity index (χ4n) is 2.97. The molecule has 2 rings (SSSR count). The van der Waals surface area contributed by atoms with Crippen molar-refractivity contribution in [3.05, 3.63) is 0 Å². The molecule has 0 bridgehead atoms. The number of rotatable bonds is 4. The average molecular weight is 297 g/mol. The Morgan fingerprint density at radius 3 is 2.57 bits per heavy atom. The van der Waals surface area contributed by atoms with Crippen LogP contribution in [-0.2, 0) is 14.3 Å². The SMILES string of the molecule is CC[C@H](C)[C@H](N)C(=O)N1CCCC1C(=O)N1CCOCC1. The first-order valence-corrected chi connectivity index (χ1v) is 7.98. The van der Waals surface area contributed by atoms with E-state index < -0.39 is 6.04 Å². The molecule has 0 aliphatic carbocycles. The summed E-state index contributed by atoms with van der Waals surface area (Å²) in [4.78, 5) is 28.7. The van der Waals surface area contributed by atoms with E-state index in [9.17, 15) is 9.59 Å². The number of amides is 2. The van der Waals surface area contributed by atoms with Gasteiger partial charge in [0.05, 0.1) is 19.3 Å². The lowest BCUT2D eigenvalue weighted by Crippen LogP contribution is -2.55. The van der Waals surface area contributed by atoms with Crippen molar-refractivity contribution in [1.29, 1.82) is 0 Å². The minimum Gasteiger partial charge on any atom is -0.378 e. The maximum Gasteiger partial charge on any atom is 0.245 e. The highest BCUT2D eigenvalue weighted by Crippen LogP contribution is 2.22. The number of nitrogens with two attached hydrogens (primary N) is 1. The Morgan fingerprint density at radius 1 is 1.29 bits per heavy atom. The number of morpholine rings is 1. The fourth-order valence-corrected chi connectivity index (χ4v) is 2.97. The zero-order valence-electron chi connectivity index (χ0n) is 13.1. The Bertz CT molecular complexity index is 362. The molecule has 0 aromatic rings. The van der Waals surface area contributed by atoms with Gasteiger partial charge in [0.2, 0.25) is 11.8 Å². The van der Waals surface area contributed by atoms with Gasteiger partial charge < -0.3 is 20.3 Å². The van der Waals surface area contributed by atoms with E-state index in [2.05, 4.69) is 0 Å². The third kappa shape index (κ3) is 3.55. The molecule has 0 radical (unpaired) electrons. The molecule has 2 amide bonds. The average Bonchev–Trinajstić information content (AvgIpc) is 3.02. The monoisotopic (exact) mass is 297 g/mol. The Balaban J connectivity index is 2.02. The molecule has 2 aliphatic rings. The highest BCUT2D eigenvalue weighted by Gasteiger charge is 2.39. The standard InChI is InChI=1S/C15H27N3O3/c1-3-11(2)13(16)15(20)18-6-4-5-12(18)14(19)17-7-9-21-10-8-17/h11-13H,3-10,16H2,1-2H3/t11-,12?,13-/m0/s1. The molecular weight excluding hydrogens is 270 g/mol. The van der Waals surface area contributed by atoms with Crippen LogP contribution in [0.15, 0.2) is 0 Å². The molecule has 2 N–H and O–H groups in total. The van der Waals surface area contributed by atoms with Gasteiger partial charge in [-0.2, -0.15) is 0 Å². The van der Waals surface area contributed by atoms with E-state index in [0.717, 1.165) is 19.3 Å². The van der Waals surface area contributed by atoms with Crippen LogP contribution in [0.25, 0.3) is 0 Å². The van der Waals surface area contributed by atoms with E-state index >= 15 is 0 Å². The van der Waals surface area contributed by atoms with Gasteiger partial charge in [-0.1, -0.05) is 20.3 Å². The predicted molar refractivity (Wildman–Crippen MR) is 79.6 cm³/mol. The van der Waals surface area contributed by atoms with Crippen LogP contribution in [0.3, 0.4) is 0 Å². The highest BCUT2D eigenvalue weighted by molar-refractivity contribution is 5.90. The minimum atomic E-state index is -0.506. The topological polar surface area (TPSA) is 75.9 Å². The number of likely N-dealkylation sites (tertiary alicyclic amines) is 1. The maximum atomic E-state index is 12.6. The van der Waals surface area contributed by atoms with Crippen LogP contribution in [0.2, 0.25) is 0 Å². The molecule has 6 nitrogen and oxygen atoms in total. The molecule has 0 spiro atoms. The van der Waals surface area contributed by atoms with Gasteiger partial charge in [0, 0.05) is 19.6 Å². The van der Waals surface area contributed by atoms with Crippen molar-refractivity contribution < 1.29 is 14.3 Å². The molecule has 1 unspecified atom stereocenters. The Hall–Kier alpha value is -1.14. The smallest absolute Gasteiger partial charge is 0.245 e. The summed E-state index contributed by atoms with van der Waals surface area (Å²) in [5.74, 6) is 0.117. The van der Waals surface area contributed by atoms with Gasteiger partial charge in [-0.25, -0.2) is 0 Å². The molecule has 2 heterocycles. The van der Waals surface area contributed by atoms with Crippen LogP contribution >= 0.6 is 0 Å². The second-order valence-electron chi connectivity index (χ2n) is 6.04. The number of hydrogen-bond donors (Lipinski definition) is 1. The molecule has 2 fully saturated rings. The quantitative estimate of drug-likeness (QED) is 0.805. The van der Waals surface area contributed by atoms with E-state index in [-0.39, 0.29) is 23.8 Å². The van der Waals surface area contributed by atoms with Crippen molar-refractivity contribution in [1.82, 2.24) is 9.80 Å². The second-order valence-corrected chi connectivity index (χ2v) is 6.04. The first-order chi connectivity index (χ1) is 10.1. The lowest BCUT2D eigenvalue weighted by molar-refractivity contribution is -0.147. The van der Waals surface area contributed by atoms with Crippen molar-refractivity contribution in [3.63, 3.8) is 0 Å². The molecule has 6 heteroatoms. The number of carbonyl (C=O) groups is 2. The van der Waals surface area contributed by atoms with Crippen molar-refractivity contribution in [2.75, 3.05) is 32.8 Å². The van der Waals surface area contributed by atoms with E-state index in [0.29, 0.717) is 32.8 Å². The highest BCUT2D eigenvalue weighted by atomic mass is 16.5. The van der Waals surface area contributed by atoms with Gasteiger partial charge in [0.15, 0.2) is 0 Å². The van der Waals surface area contributed by atoms with Gasteiger partial charge in [-0.3, -0.25) is 9.59 Å². The molecule has 21 heavy (non-hydrogen) atoms. The van der Waals surface area contributed by atoms with Gasteiger partial charge in [-0.05, 0) is 18.8 Å². The summed E-state index contributed by atoms with van der Waals surface area (Å²) >= 11 is 0. The number of nitrogens with zero attached hydrogens (tertiary/aromatic N) is 2. The Kier molecular flexibility index (Phi) is 5.58. The third-order valence-corrected chi connectivity index (χ3v) is 4.69. The van der Waals surface area contributed by atoms with Crippen LogP contribution < -0.4 is 5.73 Å². The van der Waals surface area contributed by atoms with Crippen molar-refractivity contribution in [2.24, 2.45) is 11.7 Å². The van der Waals surface area contributed by atoms with Crippen molar-refractivity contribution in [2.45, 2.75) is 45.2 Å². The van der Waals surface area contributed by atoms with Crippen LogP contribution in [0.1, 0.15) is 33.1 Å². The van der Waals surface area contributed by atoms with E-state index in [1.807, 2.05) is 18.7 Å². The molecule has 0 aromatic heterocycles. The van der Waals surface area contributed by atoms with Gasteiger partial charge in [0.25, 0.3) is 0 Å². The molecule has 3 atom stereocenters. The summed E-state index contributed by atoms with van der Waals surface area (Å²) in [7, 11) is 0. The summed E-state index contributed by atoms with van der Waals surface area (Å²) in [6, 6.07) is -0.834. The molecule has 120 valence electrons. The lowest BCUT2D eigenvalue weighted by atomic mass is 9.98. The van der Waals surface area contributed by atoms with Crippen LogP contribution in [0.4, 0.5) is 0 Å².